The fourth-order valence-corrected chi connectivity index (χ4v) is 3.35. The Morgan fingerprint density at radius 2 is 2.14 bits per heavy atom. The average Bonchev–Trinajstić information content (AvgIpc) is 2.94. The Balaban J connectivity index is 2.03. The van der Waals surface area contributed by atoms with Crippen molar-refractivity contribution in [3.8, 4) is 0 Å². The second-order valence-electron chi connectivity index (χ2n) is 5.78. The van der Waals surface area contributed by atoms with Crippen molar-refractivity contribution in [3.63, 3.8) is 0 Å². The average molecular weight is 296 g/mol. The van der Waals surface area contributed by atoms with Crippen LogP contribution in [0, 0.1) is 11.6 Å². The van der Waals surface area contributed by atoms with Crippen molar-refractivity contribution in [2.75, 3.05) is 19.6 Å². The van der Waals surface area contributed by atoms with E-state index in [9.17, 15) is 8.78 Å². The van der Waals surface area contributed by atoms with Gasteiger partial charge in [0, 0.05) is 24.2 Å². The van der Waals surface area contributed by atoms with E-state index >= 15 is 0 Å². The summed E-state index contributed by atoms with van der Waals surface area (Å²) in [7, 11) is 0. The first-order valence-corrected chi connectivity index (χ1v) is 8.08. The van der Waals surface area contributed by atoms with Gasteiger partial charge < -0.3 is 10.2 Å². The highest BCUT2D eigenvalue weighted by Gasteiger charge is 2.24. The second kappa shape index (κ2) is 7.85. The van der Waals surface area contributed by atoms with Crippen LogP contribution in [0.5, 0.6) is 0 Å². The minimum atomic E-state index is -0.761. The highest BCUT2D eigenvalue weighted by atomic mass is 19.2. The SMILES string of the molecule is CCNC(CCN1CCCC1CC)c1cccc(F)c1F. The zero-order valence-corrected chi connectivity index (χ0v) is 13.0. The van der Waals surface area contributed by atoms with Gasteiger partial charge in [0.1, 0.15) is 0 Å². The van der Waals surface area contributed by atoms with Crippen LogP contribution >= 0.6 is 0 Å². The molecule has 1 saturated heterocycles. The number of likely N-dealkylation sites (tertiary alicyclic amines) is 1. The molecular weight excluding hydrogens is 270 g/mol. The van der Waals surface area contributed by atoms with Gasteiger partial charge in [0.25, 0.3) is 0 Å². The fourth-order valence-electron chi connectivity index (χ4n) is 3.35. The van der Waals surface area contributed by atoms with E-state index in [4.69, 9.17) is 0 Å². The van der Waals surface area contributed by atoms with E-state index in [1.54, 1.807) is 12.1 Å². The van der Waals surface area contributed by atoms with E-state index in [1.165, 1.54) is 25.3 Å². The molecule has 0 amide bonds. The largest absolute Gasteiger partial charge is 0.310 e. The molecule has 1 N–H and O–H groups in total. The van der Waals surface area contributed by atoms with Gasteiger partial charge in [0.15, 0.2) is 11.6 Å². The molecule has 1 heterocycles. The molecule has 0 aliphatic carbocycles. The first kappa shape index (κ1) is 16.4. The van der Waals surface area contributed by atoms with Crippen molar-refractivity contribution >= 4 is 0 Å². The molecule has 1 aromatic carbocycles. The zero-order chi connectivity index (χ0) is 15.2. The predicted octanol–water partition coefficient (Wildman–Crippen LogP) is 3.88. The van der Waals surface area contributed by atoms with Crippen LogP contribution in [0.4, 0.5) is 8.78 Å². The molecule has 1 aliphatic heterocycles. The normalized spacial score (nSPS) is 20.9. The third kappa shape index (κ3) is 4.01. The lowest BCUT2D eigenvalue weighted by Crippen LogP contribution is -2.33. The fraction of sp³-hybridized carbons (Fsp3) is 0.647. The highest BCUT2D eigenvalue weighted by molar-refractivity contribution is 5.22. The quantitative estimate of drug-likeness (QED) is 0.821. The van der Waals surface area contributed by atoms with Crippen molar-refractivity contribution in [2.24, 2.45) is 0 Å². The van der Waals surface area contributed by atoms with Gasteiger partial charge in [0.2, 0.25) is 0 Å². The monoisotopic (exact) mass is 296 g/mol. The summed E-state index contributed by atoms with van der Waals surface area (Å²) in [6.45, 7) is 7.03. The van der Waals surface area contributed by atoms with Gasteiger partial charge in [-0.25, -0.2) is 8.78 Å². The van der Waals surface area contributed by atoms with Gasteiger partial charge in [-0.15, -0.1) is 0 Å². The lowest BCUT2D eigenvalue weighted by Gasteiger charge is -2.26. The van der Waals surface area contributed by atoms with Crippen molar-refractivity contribution in [1.29, 1.82) is 0 Å². The molecule has 2 rings (SSSR count). The first-order chi connectivity index (χ1) is 10.2. The van der Waals surface area contributed by atoms with Crippen molar-refractivity contribution < 1.29 is 8.78 Å². The maximum absolute atomic E-state index is 14.0. The molecule has 118 valence electrons. The van der Waals surface area contributed by atoms with Crippen LogP contribution in [0.1, 0.15) is 51.1 Å². The standard InChI is InChI=1S/C17H26F2N2/c1-3-13-7-6-11-21(13)12-10-16(20-4-2)14-8-5-9-15(18)17(14)19/h5,8-9,13,16,20H,3-4,6-7,10-12H2,1-2H3. The van der Waals surface area contributed by atoms with E-state index in [0.717, 1.165) is 26.1 Å². The predicted molar refractivity (Wildman–Crippen MR) is 82.3 cm³/mol. The van der Waals surface area contributed by atoms with Gasteiger partial charge in [0.05, 0.1) is 0 Å². The van der Waals surface area contributed by atoms with Crippen LogP contribution in [0.2, 0.25) is 0 Å². The molecule has 0 saturated carbocycles. The lowest BCUT2D eigenvalue weighted by molar-refractivity contribution is 0.233. The number of benzene rings is 1. The van der Waals surface area contributed by atoms with Gasteiger partial charge in [-0.3, -0.25) is 0 Å². The van der Waals surface area contributed by atoms with Crippen LogP contribution < -0.4 is 5.32 Å². The minimum Gasteiger partial charge on any atom is -0.310 e. The number of halogens is 2. The van der Waals surface area contributed by atoms with Gasteiger partial charge in [-0.05, 0) is 44.8 Å². The Labute approximate surface area is 126 Å². The Morgan fingerprint density at radius 3 is 2.86 bits per heavy atom. The molecule has 4 heteroatoms. The van der Waals surface area contributed by atoms with Crippen LogP contribution in [0.3, 0.4) is 0 Å². The van der Waals surface area contributed by atoms with Crippen LogP contribution in [0.25, 0.3) is 0 Å². The first-order valence-electron chi connectivity index (χ1n) is 8.08. The molecule has 21 heavy (non-hydrogen) atoms. The molecule has 2 nitrogen and oxygen atoms in total. The Kier molecular flexibility index (Phi) is 6.12. The molecule has 0 radical (unpaired) electrons. The smallest absolute Gasteiger partial charge is 0.163 e. The van der Waals surface area contributed by atoms with Crippen molar-refractivity contribution in [2.45, 2.75) is 51.6 Å². The maximum atomic E-state index is 14.0. The van der Waals surface area contributed by atoms with E-state index in [0.29, 0.717) is 11.6 Å². The number of hydrogen-bond acceptors (Lipinski definition) is 2. The van der Waals surface area contributed by atoms with Crippen molar-refractivity contribution in [1.82, 2.24) is 10.2 Å². The van der Waals surface area contributed by atoms with E-state index in [1.807, 2.05) is 6.92 Å². The van der Waals surface area contributed by atoms with Crippen LogP contribution in [-0.4, -0.2) is 30.6 Å². The molecule has 1 aliphatic rings. The number of rotatable bonds is 7. The van der Waals surface area contributed by atoms with Crippen LogP contribution in [-0.2, 0) is 0 Å². The molecule has 1 aromatic rings. The number of hydrogen-bond donors (Lipinski definition) is 1. The van der Waals surface area contributed by atoms with Gasteiger partial charge in [-0.2, -0.15) is 0 Å². The molecule has 2 atom stereocenters. The highest BCUT2D eigenvalue weighted by Crippen LogP contribution is 2.25. The van der Waals surface area contributed by atoms with Gasteiger partial charge >= 0.3 is 0 Å². The molecule has 1 fully saturated rings. The van der Waals surface area contributed by atoms with Crippen molar-refractivity contribution in [3.05, 3.63) is 35.4 Å². The molecular formula is C17H26F2N2. The summed E-state index contributed by atoms with van der Waals surface area (Å²) in [5.74, 6) is -1.47. The summed E-state index contributed by atoms with van der Waals surface area (Å²) in [5.41, 5.74) is 0.448. The topological polar surface area (TPSA) is 15.3 Å². The summed E-state index contributed by atoms with van der Waals surface area (Å²) in [6, 6.07) is 4.99. The van der Waals surface area contributed by atoms with E-state index in [2.05, 4.69) is 17.1 Å². The Morgan fingerprint density at radius 1 is 1.33 bits per heavy atom. The molecule has 2 unspecified atom stereocenters. The summed E-state index contributed by atoms with van der Waals surface area (Å²) in [4.78, 5) is 2.49. The van der Waals surface area contributed by atoms with Gasteiger partial charge in [-0.1, -0.05) is 26.0 Å². The second-order valence-corrected chi connectivity index (χ2v) is 5.78. The molecule has 0 aromatic heterocycles. The van der Waals surface area contributed by atoms with E-state index < -0.39 is 11.6 Å². The number of nitrogens with zero attached hydrogens (tertiary/aromatic N) is 1. The lowest BCUT2D eigenvalue weighted by atomic mass is 10.0. The maximum Gasteiger partial charge on any atom is 0.163 e. The minimum absolute atomic E-state index is 0.121. The third-order valence-corrected chi connectivity index (χ3v) is 4.48. The molecule has 0 bridgehead atoms. The van der Waals surface area contributed by atoms with E-state index in [-0.39, 0.29) is 6.04 Å². The summed E-state index contributed by atoms with van der Waals surface area (Å²) < 4.78 is 27.4. The molecule has 0 spiro atoms. The third-order valence-electron chi connectivity index (χ3n) is 4.48. The summed E-state index contributed by atoms with van der Waals surface area (Å²) >= 11 is 0. The number of nitrogens with one attached hydrogen (secondary N) is 1. The zero-order valence-electron chi connectivity index (χ0n) is 13.0. The summed E-state index contributed by atoms with van der Waals surface area (Å²) in [5, 5.41) is 3.29. The Hall–Kier alpha value is -1.00. The van der Waals surface area contributed by atoms with Crippen LogP contribution in [0.15, 0.2) is 18.2 Å². The summed E-state index contributed by atoms with van der Waals surface area (Å²) in [6.07, 6.45) is 4.49. The Bertz CT molecular complexity index is 450.